The molecule has 4 aliphatic rings. The Labute approximate surface area is 140 Å². The lowest BCUT2D eigenvalue weighted by molar-refractivity contribution is -0.0881. The van der Waals surface area contributed by atoms with E-state index in [4.69, 9.17) is 9.15 Å². The fourth-order valence-electron chi connectivity index (χ4n) is 4.34. The summed E-state index contributed by atoms with van der Waals surface area (Å²) in [6.07, 6.45) is 7.07. The first kappa shape index (κ1) is 14.0. The lowest BCUT2D eigenvalue weighted by Crippen LogP contribution is -2.61. The maximum atomic E-state index is 12.5. The summed E-state index contributed by atoms with van der Waals surface area (Å²) in [5.41, 5.74) is 1.36. The van der Waals surface area contributed by atoms with Gasteiger partial charge in [-0.2, -0.15) is 0 Å². The number of aromatic nitrogens is 1. The molecule has 1 unspecified atom stereocenters. The van der Waals surface area contributed by atoms with Crippen molar-refractivity contribution in [3.63, 3.8) is 0 Å². The molecule has 6 heterocycles. The van der Waals surface area contributed by atoms with E-state index in [1.54, 1.807) is 23.6 Å². The molecule has 0 saturated carbocycles. The minimum Gasteiger partial charge on any atom is -0.462 e. The standard InChI is InChI=1S/C18H19N3O3/c22-17-21(12-18(24-17)11-20-7-3-14(18)4-8-20)15-9-16(23-10-15)13-1-5-19-6-2-13/h1-2,5-6,9-10,14H,3-4,7-8,11-12H2. The summed E-state index contributed by atoms with van der Waals surface area (Å²) in [6, 6.07) is 5.68. The van der Waals surface area contributed by atoms with Crippen LogP contribution in [0.25, 0.3) is 11.3 Å². The van der Waals surface area contributed by atoms with Gasteiger partial charge in [-0.1, -0.05) is 0 Å². The van der Waals surface area contributed by atoms with Gasteiger partial charge in [0.25, 0.3) is 0 Å². The molecule has 0 N–H and O–H groups in total. The van der Waals surface area contributed by atoms with Crippen LogP contribution in [-0.4, -0.2) is 47.8 Å². The summed E-state index contributed by atoms with van der Waals surface area (Å²) < 4.78 is 11.6. The molecule has 4 saturated heterocycles. The number of hydrogen-bond donors (Lipinski definition) is 0. The normalized spacial score (nSPS) is 31.7. The third-order valence-electron chi connectivity index (χ3n) is 5.62. The summed E-state index contributed by atoms with van der Waals surface area (Å²) in [7, 11) is 0. The van der Waals surface area contributed by atoms with E-state index in [1.807, 2.05) is 18.2 Å². The van der Waals surface area contributed by atoms with Gasteiger partial charge in [-0.3, -0.25) is 14.8 Å². The minimum atomic E-state index is -0.346. The van der Waals surface area contributed by atoms with Gasteiger partial charge in [0.2, 0.25) is 0 Å². The fourth-order valence-corrected chi connectivity index (χ4v) is 4.34. The van der Waals surface area contributed by atoms with Gasteiger partial charge in [-0.25, -0.2) is 4.79 Å². The van der Waals surface area contributed by atoms with Crippen LogP contribution in [0, 0.1) is 5.92 Å². The van der Waals surface area contributed by atoms with E-state index in [9.17, 15) is 4.79 Å². The summed E-state index contributed by atoms with van der Waals surface area (Å²) in [5.74, 6) is 1.21. The fraction of sp³-hybridized carbons (Fsp3) is 0.444. The number of piperidine rings is 3. The first-order valence-electron chi connectivity index (χ1n) is 8.45. The van der Waals surface area contributed by atoms with Crippen LogP contribution in [0.1, 0.15) is 12.8 Å². The average molecular weight is 325 g/mol. The number of amides is 1. The SMILES string of the molecule is O=C1OC2(CN3CCC2CC3)CN1c1coc(-c2ccncc2)c1. The number of pyridine rings is 1. The number of carbonyl (C=O) groups is 1. The number of furan rings is 1. The Morgan fingerprint density at radius 3 is 2.67 bits per heavy atom. The van der Waals surface area contributed by atoms with Crippen LogP contribution in [0.4, 0.5) is 10.5 Å². The third-order valence-corrected chi connectivity index (χ3v) is 5.62. The quantitative estimate of drug-likeness (QED) is 0.850. The van der Waals surface area contributed by atoms with Gasteiger partial charge < -0.3 is 9.15 Å². The molecule has 1 atom stereocenters. The number of anilines is 1. The van der Waals surface area contributed by atoms with E-state index in [0.29, 0.717) is 12.5 Å². The molecule has 1 amide bonds. The molecule has 6 heteroatoms. The largest absolute Gasteiger partial charge is 0.462 e. The molecule has 2 aromatic heterocycles. The molecule has 6 nitrogen and oxygen atoms in total. The van der Waals surface area contributed by atoms with Crippen molar-refractivity contribution in [2.45, 2.75) is 18.4 Å². The second-order valence-electron chi connectivity index (χ2n) is 6.97. The zero-order valence-electron chi connectivity index (χ0n) is 13.4. The van der Waals surface area contributed by atoms with Gasteiger partial charge in [0.05, 0.1) is 12.2 Å². The zero-order chi connectivity index (χ0) is 16.1. The molecule has 4 fully saturated rings. The van der Waals surface area contributed by atoms with E-state index in [0.717, 1.165) is 49.5 Å². The molecular formula is C18H19N3O3. The van der Waals surface area contributed by atoms with Gasteiger partial charge in [-0.05, 0) is 38.1 Å². The summed E-state index contributed by atoms with van der Waals surface area (Å²) in [6.45, 7) is 3.72. The zero-order valence-corrected chi connectivity index (χ0v) is 13.4. The summed E-state index contributed by atoms with van der Waals surface area (Å²) in [5, 5.41) is 0. The van der Waals surface area contributed by atoms with Crippen molar-refractivity contribution >= 4 is 11.8 Å². The van der Waals surface area contributed by atoms with Gasteiger partial charge in [0, 0.05) is 36.5 Å². The monoisotopic (exact) mass is 325 g/mol. The number of nitrogens with zero attached hydrogens (tertiary/aromatic N) is 3. The predicted molar refractivity (Wildman–Crippen MR) is 87.7 cm³/mol. The van der Waals surface area contributed by atoms with E-state index in [2.05, 4.69) is 9.88 Å². The Morgan fingerprint density at radius 1 is 1.17 bits per heavy atom. The highest BCUT2D eigenvalue weighted by Gasteiger charge is 2.55. The topological polar surface area (TPSA) is 58.8 Å². The highest BCUT2D eigenvalue weighted by Crippen LogP contribution is 2.43. The van der Waals surface area contributed by atoms with Crippen LogP contribution in [0.5, 0.6) is 0 Å². The summed E-state index contributed by atoms with van der Waals surface area (Å²) >= 11 is 0. The summed E-state index contributed by atoms with van der Waals surface area (Å²) in [4.78, 5) is 20.6. The van der Waals surface area contributed by atoms with Crippen molar-refractivity contribution in [2.24, 2.45) is 5.92 Å². The molecular weight excluding hydrogens is 306 g/mol. The highest BCUT2D eigenvalue weighted by molar-refractivity contribution is 5.91. The smallest absolute Gasteiger partial charge is 0.415 e. The number of carbonyl (C=O) groups excluding carboxylic acids is 1. The van der Waals surface area contributed by atoms with Crippen LogP contribution in [-0.2, 0) is 4.74 Å². The van der Waals surface area contributed by atoms with Crippen LogP contribution in [0.3, 0.4) is 0 Å². The number of ether oxygens (including phenoxy) is 1. The molecule has 2 aromatic rings. The van der Waals surface area contributed by atoms with Crippen LogP contribution in [0.15, 0.2) is 41.3 Å². The molecule has 4 aliphatic heterocycles. The van der Waals surface area contributed by atoms with E-state index < -0.39 is 0 Å². The highest BCUT2D eigenvalue weighted by atomic mass is 16.6. The number of rotatable bonds is 2. The molecule has 1 spiro atoms. The maximum absolute atomic E-state index is 12.5. The lowest BCUT2D eigenvalue weighted by Gasteiger charge is -2.49. The Hall–Kier alpha value is -2.34. The van der Waals surface area contributed by atoms with Gasteiger partial charge in [0.1, 0.15) is 17.6 Å². The Bertz CT molecular complexity index is 767. The third kappa shape index (κ3) is 2.06. The molecule has 6 rings (SSSR count). The predicted octanol–water partition coefficient (Wildman–Crippen LogP) is 2.76. The van der Waals surface area contributed by atoms with E-state index in [1.165, 1.54) is 0 Å². The van der Waals surface area contributed by atoms with Crippen molar-refractivity contribution in [2.75, 3.05) is 31.1 Å². The van der Waals surface area contributed by atoms with Crippen molar-refractivity contribution in [1.29, 1.82) is 0 Å². The van der Waals surface area contributed by atoms with Crippen molar-refractivity contribution in [3.8, 4) is 11.3 Å². The van der Waals surface area contributed by atoms with Gasteiger partial charge >= 0.3 is 6.09 Å². The Balaban J connectivity index is 1.42. The molecule has 24 heavy (non-hydrogen) atoms. The average Bonchev–Trinajstić information content (AvgIpc) is 3.22. The van der Waals surface area contributed by atoms with Gasteiger partial charge in [-0.15, -0.1) is 0 Å². The Kier molecular flexibility index (Phi) is 2.97. The van der Waals surface area contributed by atoms with Crippen molar-refractivity contribution < 1.29 is 13.9 Å². The first-order chi connectivity index (χ1) is 11.7. The minimum absolute atomic E-state index is 0.258. The molecule has 0 radical (unpaired) electrons. The molecule has 0 aliphatic carbocycles. The van der Waals surface area contributed by atoms with E-state index in [-0.39, 0.29) is 11.7 Å². The second kappa shape index (κ2) is 5.08. The number of fused-ring (bicyclic) bond motifs is 2. The maximum Gasteiger partial charge on any atom is 0.415 e. The lowest BCUT2D eigenvalue weighted by atomic mass is 9.75. The van der Waals surface area contributed by atoms with Crippen LogP contribution < -0.4 is 4.90 Å². The van der Waals surface area contributed by atoms with Gasteiger partial charge in [0.15, 0.2) is 0 Å². The second-order valence-corrected chi connectivity index (χ2v) is 6.97. The molecule has 2 bridgehead atoms. The first-order valence-corrected chi connectivity index (χ1v) is 8.45. The van der Waals surface area contributed by atoms with Crippen LogP contribution >= 0.6 is 0 Å². The van der Waals surface area contributed by atoms with Crippen molar-refractivity contribution in [3.05, 3.63) is 36.9 Å². The Morgan fingerprint density at radius 2 is 1.96 bits per heavy atom. The molecule has 0 aromatic carbocycles. The van der Waals surface area contributed by atoms with E-state index >= 15 is 0 Å². The van der Waals surface area contributed by atoms with Crippen LogP contribution in [0.2, 0.25) is 0 Å². The van der Waals surface area contributed by atoms with Crippen molar-refractivity contribution in [1.82, 2.24) is 9.88 Å². The number of hydrogen-bond acceptors (Lipinski definition) is 5. The molecule has 124 valence electrons.